The van der Waals surface area contributed by atoms with Crippen LogP contribution in [-0.2, 0) is 0 Å². The van der Waals surface area contributed by atoms with Gasteiger partial charge in [0, 0.05) is 17.2 Å². The molecule has 5 heteroatoms. The van der Waals surface area contributed by atoms with Crippen molar-refractivity contribution < 1.29 is 0 Å². The fourth-order valence-corrected chi connectivity index (χ4v) is 1.56. The van der Waals surface area contributed by atoms with Crippen LogP contribution >= 0.6 is 28.1 Å². The number of benzene rings is 1. The van der Waals surface area contributed by atoms with Gasteiger partial charge in [-0.1, -0.05) is 15.9 Å². The molecule has 0 amide bonds. The summed E-state index contributed by atoms with van der Waals surface area (Å²) in [6.07, 6.45) is 0. The summed E-state index contributed by atoms with van der Waals surface area (Å²) < 4.78 is 1.05. The highest BCUT2D eigenvalue weighted by Crippen LogP contribution is 2.19. The first-order valence-electron chi connectivity index (χ1n) is 4.06. The van der Waals surface area contributed by atoms with Crippen LogP contribution in [0.2, 0.25) is 0 Å². The van der Waals surface area contributed by atoms with Gasteiger partial charge in [0.1, 0.15) is 0 Å². The van der Waals surface area contributed by atoms with E-state index in [1.807, 2.05) is 25.1 Å². The fraction of sp³-hybridized carbons (Fsp3) is 0.222. The lowest BCUT2D eigenvalue weighted by Crippen LogP contribution is -2.36. The molecule has 0 spiro atoms. The molecule has 3 N–H and O–H groups in total. The van der Waals surface area contributed by atoms with Crippen molar-refractivity contribution in [3.05, 3.63) is 28.2 Å². The molecular weight excluding hydrogens is 262 g/mol. The number of nitrogens with one attached hydrogen (secondary N) is 1. The highest BCUT2D eigenvalue weighted by Gasteiger charge is 2.02. The number of hydrogen-bond acceptors (Lipinski definition) is 2. The largest absolute Gasteiger partial charge is 0.331 e. The molecule has 0 aliphatic heterocycles. The third-order valence-corrected chi connectivity index (χ3v) is 2.63. The van der Waals surface area contributed by atoms with E-state index in [0.717, 1.165) is 15.7 Å². The zero-order chi connectivity index (χ0) is 10.7. The Bertz CT molecular complexity index is 352. The number of thiocarbonyl (C=S) groups is 1. The van der Waals surface area contributed by atoms with Gasteiger partial charge in [0.2, 0.25) is 0 Å². The Morgan fingerprint density at radius 2 is 2.21 bits per heavy atom. The number of anilines is 1. The maximum Gasteiger partial charge on any atom is 0.187 e. The van der Waals surface area contributed by atoms with Crippen LogP contribution in [0.15, 0.2) is 22.7 Å². The average molecular weight is 274 g/mol. The highest BCUT2D eigenvalue weighted by molar-refractivity contribution is 9.10. The summed E-state index contributed by atoms with van der Waals surface area (Å²) in [4.78, 5) is 0. The number of halogens is 1. The Morgan fingerprint density at radius 1 is 1.57 bits per heavy atom. The van der Waals surface area contributed by atoms with Crippen molar-refractivity contribution >= 4 is 38.9 Å². The topological polar surface area (TPSA) is 41.3 Å². The molecule has 0 fully saturated rings. The van der Waals surface area contributed by atoms with Gasteiger partial charge in [-0.25, -0.2) is 5.84 Å². The molecule has 0 saturated carbocycles. The normalized spacial score (nSPS) is 9.71. The SMILES string of the molecule is Cc1cc(Br)ccc1NC(=S)N(C)N. The van der Waals surface area contributed by atoms with Gasteiger partial charge in [-0.2, -0.15) is 0 Å². The summed E-state index contributed by atoms with van der Waals surface area (Å²) in [7, 11) is 1.70. The molecule has 14 heavy (non-hydrogen) atoms. The van der Waals surface area contributed by atoms with Crippen molar-refractivity contribution in [2.45, 2.75) is 6.92 Å². The molecule has 0 aromatic heterocycles. The summed E-state index contributed by atoms with van der Waals surface area (Å²) >= 11 is 8.43. The smallest absolute Gasteiger partial charge is 0.187 e. The van der Waals surface area contributed by atoms with Crippen molar-refractivity contribution in [2.24, 2.45) is 5.84 Å². The zero-order valence-electron chi connectivity index (χ0n) is 8.04. The average Bonchev–Trinajstić information content (AvgIpc) is 2.09. The van der Waals surface area contributed by atoms with Crippen LogP contribution in [0.3, 0.4) is 0 Å². The molecule has 1 rings (SSSR count). The minimum Gasteiger partial charge on any atom is -0.331 e. The van der Waals surface area contributed by atoms with Crippen LogP contribution in [-0.4, -0.2) is 17.2 Å². The Kier molecular flexibility index (Phi) is 3.86. The predicted octanol–water partition coefficient (Wildman–Crippen LogP) is 2.26. The van der Waals surface area contributed by atoms with E-state index in [1.165, 1.54) is 5.01 Å². The molecule has 0 unspecified atom stereocenters. The van der Waals surface area contributed by atoms with E-state index >= 15 is 0 Å². The summed E-state index contributed by atoms with van der Waals surface area (Å²) in [5.41, 5.74) is 2.08. The standard InChI is InChI=1S/C9H12BrN3S/c1-6-5-7(10)3-4-8(6)12-9(14)13(2)11/h3-5H,11H2,1-2H3,(H,12,14). The summed E-state index contributed by atoms with van der Waals surface area (Å²) in [6.45, 7) is 2.01. The van der Waals surface area contributed by atoms with E-state index in [9.17, 15) is 0 Å². The molecule has 3 nitrogen and oxygen atoms in total. The lowest BCUT2D eigenvalue weighted by molar-refractivity contribution is 0.548. The maximum atomic E-state index is 5.48. The van der Waals surface area contributed by atoms with E-state index in [1.54, 1.807) is 7.05 Å². The number of nitrogens with two attached hydrogens (primary N) is 1. The van der Waals surface area contributed by atoms with Crippen LogP contribution in [0.25, 0.3) is 0 Å². The number of aryl methyl sites for hydroxylation is 1. The first kappa shape index (κ1) is 11.4. The van der Waals surface area contributed by atoms with Crippen molar-refractivity contribution in [3.63, 3.8) is 0 Å². The number of rotatable bonds is 1. The molecule has 76 valence electrons. The second kappa shape index (κ2) is 4.72. The van der Waals surface area contributed by atoms with Crippen molar-refractivity contribution in [2.75, 3.05) is 12.4 Å². The van der Waals surface area contributed by atoms with Gasteiger partial charge in [0.25, 0.3) is 0 Å². The van der Waals surface area contributed by atoms with Crippen molar-refractivity contribution in [1.29, 1.82) is 0 Å². The Balaban J connectivity index is 2.82. The molecule has 0 heterocycles. The zero-order valence-corrected chi connectivity index (χ0v) is 10.4. The Hall–Kier alpha value is -0.650. The summed E-state index contributed by atoms with van der Waals surface area (Å²) in [5.74, 6) is 5.48. The van der Waals surface area contributed by atoms with Gasteiger partial charge < -0.3 is 5.32 Å². The Morgan fingerprint density at radius 3 is 2.71 bits per heavy atom. The van der Waals surface area contributed by atoms with Gasteiger partial charge in [0.15, 0.2) is 5.11 Å². The van der Waals surface area contributed by atoms with Gasteiger partial charge >= 0.3 is 0 Å². The van der Waals surface area contributed by atoms with E-state index < -0.39 is 0 Å². The van der Waals surface area contributed by atoms with Crippen LogP contribution in [0.1, 0.15) is 5.56 Å². The van der Waals surface area contributed by atoms with Crippen LogP contribution in [0, 0.1) is 6.92 Å². The molecule has 0 aliphatic carbocycles. The monoisotopic (exact) mass is 273 g/mol. The molecule has 0 aliphatic rings. The Labute approximate surface area is 97.4 Å². The molecule has 0 saturated heterocycles. The lowest BCUT2D eigenvalue weighted by atomic mass is 10.2. The third-order valence-electron chi connectivity index (χ3n) is 1.75. The predicted molar refractivity (Wildman–Crippen MR) is 67.1 cm³/mol. The van der Waals surface area contributed by atoms with Crippen molar-refractivity contribution in [3.8, 4) is 0 Å². The first-order valence-corrected chi connectivity index (χ1v) is 5.26. The number of hydrogen-bond donors (Lipinski definition) is 2. The van der Waals surface area contributed by atoms with E-state index in [0.29, 0.717) is 5.11 Å². The molecule has 0 atom stereocenters. The molecule has 0 radical (unpaired) electrons. The van der Waals surface area contributed by atoms with Crippen LogP contribution in [0.4, 0.5) is 5.69 Å². The second-order valence-electron chi connectivity index (χ2n) is 3.00. The number of nitrogens with zero attached hydrogens (tertiary/aromatic N) is 1. The fourth-order valence-electron chi connectivity index (χ4n) is 0.971. The van der Waals surface area contributed by atoms with E-state index in [2.05, 4.69) is 21.2 Å². The number of hydrazine groups is 1. The molecule has 0 bridgehead atoms. The third kappa shape index (κ3) is 2.94. The maximum absolute atomic E-state index is 5.48. The first-order chi connectivity index (χ1) is 6.50. The lowest BCUT2D eigenvalue weighted by Gasteiger charge is -2.16. The van der Waals surface area contributed by atoms with Gasteiger partial charge in [-0.15, -0.1) is 0 Å². The minimum absolute atomic E-state index is 0.496. The quantitative estimate of drug-likeness (QED) is 0.468. The molecule has 1 aromatic carbocycles. The second-order valence-corrected chi connectivity index (χ2v) is 4.30. The van der Waals surface area contributed by atoms with Gasteiger partial charge in [0.05, 0.1) is 0 Å². The molecular formula is C9H12BrN3S. The van der Waals surface area contributed by atoms with Crippen molar-refractivity contribution in [1.82, 2.24) is 5.01 Å². The van der Waals surface area contributed by atoms with Crippen LogP contribution in [0.5, 0.6) is 0 Å². The van der Waals surface area contributed by atoms with Crippen LogP contribution < -0.4 is 11.2 Å². The van der Waals surface area contributed by atoms with Gasteiger partial charge in [-0.3, -0.25) is 5.01 Å². The minimum atomic E-state index is 0.496. The van der Waals surface area contributed by atoms with E-state index in [4.69, 9.17) is 18.1 Å². The molecule has 1 aromatic rings. The highest BCUT2D eigenvalue weighted by atomic mass is 79.9. The van der Waals surface area contributed by atoms with Gasteiger partial charge in [-0.05, 0) is 42.9 Å². The summed E-state index contributed by atoms with van der Waals surface area (Å²) in [5, 5.41) is 4.92. The summed E-state index contributed by atoms with van der Waals surface area (Å²) in [6, 6.07) is 5.92. The van der Waals surface area contributed by atoms with E-state index in [-0.39, 0.29) is 0 Å².